The van der Waals surface area contributed by atoms with Gasteiger partial charge in [0.1, 0.15) is 16.7 Å². The van der Waals surface area contributed by atoms with Crippen LogP contribution in [0, 0.1) is 0 Å². The average molecular weight is 694 g/mol. The topological polar surface area (TPSA) is 47.3 Å². The van der Waals surface area contributed by atoms with E-state index in [-0.39, 0.29) is 0 Å². The number of fused-ring (bicyclic) bond motifs is 8. The summed E-state index contributed by atoms with van der Waals surface area (Å²) in [6.45, 7) is 0. The lowest BCUT2D eigenvalue weighted by Crippen LogP contribution is -2.11. The first-order valence-corrected chi connectivity index (χ1v) is 18.1. The smallest absolute Gasteiger partial charge is 0.227 e. The zero-order valence-corrected chi connectivity index (χ0v) is 29.1. The number of hydrogen-bond donors (Lipinski definition) is 0. The Kier molecular flexibility index (Phi) is 6.79. The van der Waals surface area contributed by atoms with Gasteiger partial charge in [-0.2, -0.15) is 0 Å². The Balaban J connectivity index is 1.21. The van der Waals surface area contributed by atoms with Crippen molar-refractivity contribution in [3.63, 3.8) is 0 Å². The van der Waals surface area contributed by atoms with Gasteiger partial charge in [-0.3, -0.25) is 0 Å². The normalized spacial score (nSPS) is 11.7. The van der Waals surface area contributed by atoms with Crippen LogP contribution in [0.3, 0.4) is 0 Å². The van der Waals surface area contributed by atoms with Crippen LogP contribution in [0.5, 0.6) is 0 Å². The predicted molar refractivity (Wildman–Crippen MR) is 221 cm³/mol. The van der Waals surface area contributed by atoms with Gasteiger partial charge < -0.3 is 18.3 Å². The SMILES string of the molecule is c1ccc(-c2nc3ccc4oc5ccc(N(c6ccccc6-c6ccccc6)c6cccc7c6c6ccccc6n7-c6ccccc6)cc5c4c3o2)cc1. The van der Waals surface area contributed by atoms with E-state index in [2.05, 4.69) is 155 Å². The fourth-order valence-corrected chi connectivity index (χ4v) is 8.06. The van der Waals surface area contributed by atoms with E-state index in [1.54, 1.807) is 0 Å². The third kappa shape index (κ3) is 4.69. The summed E-state index contributed by atoms with van der Waals surface area (Å²) in [4.78, 5) is 7.29. The number of furan rings is 1. The standard InChI is InChI=1S/C49H31N3O2/c1-4-15-32(16-5-1)36-21-10-12-23-40(36)52(43-26-14-25-42-46(43)37-22-11-13-24-41(37)51(42)34-19-8-3-9-20-34)35-27-29-44-38(31-35)47-45(53-44)30-28-39-48(47)54-49(50-39)33-17-6-2-7-18-33/h1-31H. The van der Waals surface area contributed by atoms with E-state index in [0.717, 1.165) is 77.9 Å². The average Bonchev–Trinajstić information content (AvgIpc) is 3.94. The van der Waals surface area contributed by atoms with Gasteiger partial charge in [0.15, 0.2) is 5.58 Å². The summed E-state index contributed by atoms with van der Waals surface area (Å²) in [5.41, 5.74) is 12.8. The largest absolute Gasteiger partial charge is 0.456 e. The van der Waals surface area contributed by atoms with Crippen LogP contribution in [0.25, 0.3) is 83.1 Å². The minimum Gasteiger partial charge on any atom is -0.456 e. The van der Waals surface area contributed by atoms with Crippen molar-refractivity contribution < 1.29 is 8.83 Å². The summed E-state index contributed by atoms with van der Waals surface area (Å²) in [5, 5.41) is 4.22. The number of para-hydroxylation sites is 3. The Hall–Kier alpha value is -7.37. The molecular formula is C49H31N3O2. The molecule has 254 valence electrons. The van der Waals surface area contributed by atoms with Crippen molar-refractivity contribution in [1.82, 2.24) is 9.55 Å². The van der Waals surface area contributed by atoms with E-state index in [1.165, 1.54) is 10.8 Å². The van der Waals surface area contributed by atoms with E-state index in [4.69, 9.17) is 13.8 Å². The molecule has 8 aromatic carbocycles. The van der Waals surface area contributed by atoms with Crippen molar-refractivity contribution in [3.8, 4) is 28.3 Å². The number of anilines is 3. The van der Waals surface area contributed by atoms with Gasteiger partial charge in [0.25, 0.3) is 0 Å². The first-order chi connectivity index (χ1) is 26.8. The third-order valence-electron chi connectivity index (χ3n) is 10.4. The molecule has 5 heteroatoms. The lowest BCUT2D eigenvalue weighted by molar-refractivity contribution is 0.622. The molecule has 0 aliphatic rings. The van der Waals surface area contributed by atoms with Crippen LogP contribution in [0.4, 0.5) is 17.1 Å². The Labute approximate surface area is 310 Å². The van der Waals surface area contributed by atoms with Gasteiger partial charge in [-0.25, -0.2) is 4.98 Å². The molecule has 0 saturated heterocycles. The van der Waals surface area contributed by atoms with Crippen LogP contribution in [0.15, 0.2) is 197 Å². The monoisotopic (exact) mass is 693 g/mol. The summed E-state index contributed by atoms with van der Waals surface area (Å²) in [7, 11) is 0. The van der Waals surface area contributed by atoms with Gasteiger partial charge in [0.05, 0.1) is 27.8 Å². The zero-order chi connectivity index (χ0) is 35.6. The second-order valence-corrected chi connectivity index (χ2v) is 13.5. The van der Waals surface area contributed by atoms with Gasteiger partial charge >= 0.3 is 0 Å². The molecule has 11 aromatic rings. The van der Waals surface area contributed by atoms with E-state index in [0.29, 0.717) is 11.5 Å². The molecule has 5 nitrogen and oxygen atoms in total. The van der Waals surface area contributed by atoms with Crippen molar-refractivity contribution in [1.29, 1.82) is 0 Å². The lowest BCUT2D eigenvalue weighted by atomic mass is 10.0. The van der Waals surface area contributed by atoms with Gasteiger partial charge in [-0.15, -0.1) is 0 Å². The molecule has 0 saturated carbocycles. The molecule has 3 aromatic heterocycles. The van der Waals surface area contributed by atoms with E-state index < -0.39 is 0 Å². The molecular weight excluding hydrogens is 663 g/mol. The van der Waals surface area contributed by atoms with Crippen LogP contribution in [0.1, 0.15) is 0 Å². The Morgan fingerprint density at radius 3 is 1.96 bits per heavy atom. The maximum absolute atomic E-state index is 6.54. The molecule has 0 spiro atoms. The molecule has 0 atom stereocenters. The third-order valence-corrected chi connectivity index (χ3v) is 10.4. The minimum atomic E-state index is 0.587. The first-order valence-electron chi connectivity index (χ1n) is 18.1. The van der Waals surface area contributed by atoms with Crippen molar-refractivity contribution in [2.45, 2.75) is 0 Å². The Morgan fingerprint density at radius 2 is 1.13 bits per heavy atom. The van der Waals surface area contributed by atoms with Gasteiger partial charge in [0.2, 0.25) is 5.89 Å². The van der Waals surface area contributed by atoms with Crippen LogP contribution in [-0.2, 0) is 0 Å². The summed E-state index contributed by atoms with van der Waals surface area (Å²) >= 11 is 0. The van der Waals surface area contributed by atoms with Crippen molar-refractivity contribution in [2.75, 3.05) is 4.90 Å². The number of hydrogen-bond acceptors (Lipinski definition) is 4. The van der Waals surface area contributed by atoms with Crippen LogP contribution in [-0.4, -0.2) is 9.55 Å². The number of nitrogens with zero attached hydrogens (tertiary/aromatic N) is 3. The molecule has 0 aliphatic heterocycles. The first kappa shape index (κ1) is 30.3. The highest BCUT2D eigenvalue weighted by molar-refractivity contribution is 6.19. The number of rotatable bonds is 6. The van der Waals surface area contributed by atoms with Crippen molar-refractivity contribution in [3.05, 3.63) is 188 Å². The lowest BCUT2D eigenvalue weighted by Gasteiger charge is -2.29. The molecule has 11 rings (SSSR count). The molecule has 0 amide bonds. The molecule has 0 unspecified atom stereocenters. The van der Waals surface area contributed by atoms with Crippen LogP contribution < -0.4 is 4.90 Å². The van der Waals surface area contributed by atoms with E-state index in [9.17, 15) is 0 Å². The van der Waals surface area contributed by atoms with E-state index in [1.807, 2.05) is 42.5 Å². The summed E-state index contributed by atoms with van der Waals surface area (Å²) in [5.74, 6) is 0.587. The summed E-state index contributed by atoms with van der Waals surface area (Å²) in [6.07, 6.45) is 0. The molecule has 0 radical (unpaired) electrons. The minimum absolute atomic E-state index is 0.587. The van der Waals surface area contributed by atoms with Gasteiger partial charge in [0, 0.05) is 38.7 Å². The van der Waals surface area contributed by atoms with Crippen molar-refractivity contribution in [2.24, 2.45) is 0 Å². The fraction of sp³-hybridized carbons (Fsp3) is 0. The maximum atomic E-state index is 6.54. The Morgan fingerprint density at radius 1 is 0.463 bits per heavy atom. The highest BCUT2D eigenvalue weighted by Crippen LogP contribution is 2.48. The second-order valence-electron chi connectivity index (χ2n) is 13.5. The fourth-order valence-electron chi connectivity index (χ4n) is 8.06. The van der Waals surface area contributed by atoms with Gasteiger partial charge in [-0.1, -0.05) is 109 Å². The Bertz CT molecular complexity index is 3160. The van der Waals surface area contributed by atoms with Crippen molar-refractivity contribution >= 4 is 71.9 Å². The number of aromatic nitrogens is 2. The quantitative estimate of drug-likeness (QED) is 0.174. The van der Waals surface area contributed by atoms with Crippen LogP contribution in [0.2, 0.25) is 0 Å². The molecule has 54 heavy (non-hydrogen) atoms. The summed E-state index contributed by atoms with van der Waals surface area (Å²) < 4.78 is 15.4. The predicted octanol–water partition coefficient (Wildman–Crippen LogP) is 13.6. The highest BCUT2D eigenvalue weighted by atomic mass is 16.4. The van der Waals surface area contributed by atoms with E-state index >= 15 is 0 Å². The molecule has 0 bridgehead atoms. The zero-order valence-electron chi connectivity index (χ0n) is 29.1. The summed E-state index contributed by atoms with van der Waals surface area (Å²) in [6, 6.07) is 65.7. The molecule has 0 N–H and O–H groups in total. The maximum Gasteiger partial charge on any atom is 0.227 e. The number of benzene rings is 8. The second kappa shape index (κ2) is 12.1. The molecule has 3 heterocycles. The van der Waals surface area contributed by atoms with Crippen LogP contribution >= 0.6 is 0 Å². The molecule has 0 aliphatic carbocycles. The highest BCUT2D eigenvalue weighted by Gasteiger charge is 2.24. The molecule has 0 fully saturated rings. The number of oxazole rings is 1. The van der Waals surface area contributed by atoms with Gasteiger partial charge in [-0.05, 0) is 84.4 Å².